The number of fused-ring (bicyclic) bond motifs is 4. The molecule has 0 aliphatic heterocycles. The zero-order valence-electron chi connectivity index (χ0n) is 15.4. The normalized spacial score (nSPS) is 14.2. The molecular formula is C24H16ClF2N. The van der Waals surface area contributed by atoms with Crippen LogP contribution in [0.3, 0.4) is 0 Å². The van der Waals surface area contributed by atoms with Crippen molar-refractivity contribution >= 4 is 22.5 Å². The summed E-state index contributed by atoms with van der Waals surface area (Å²) in [6, 6.07) is 17.8. The van der Waals surface area contributed by atoms with Crippen molar-refractivity contribution in [3.05, 3.63) is 87.9 Å². The van der Waals surface area contributed by atoms with Gasteiger partial charge in [0.05, 0.1) is 11.2 Å². The minimum Gasteiger partial charge on any atom is -0.248 e. The Balaban J connectivity index is 1.82. The van der Waals surface area contributed by atoms with Crippen LogP contribution in [-0.4, -0.2) is 4.98 Å². The monoisotopic (exact) mass is 391 g/mol. The van der Waals surface area contributed by atoms with Gasteiger partial charge < -0.3 is 0 Å². The Kier molecular flexibility index (Phi) is 3.62. The molecule has 0 spiro atoms. The molecular weight excluding hydrogens is 376 g/mol. The number of halogens is 3. The van der Waals surface area contributed by atoms with Gasteiger partial charge in [0.15, 0.2) is 0 Å². The number of benzene rings is 3. The van der Waals surface area contributed by atoms with Crippen LogP contribution in [0.15, 0.2) is 60.7 Å². The summed E-state index contributed by atoms with van der Waals surface area (Å²) in [6.07, 6.45) is 0. The van der Waals surface area contributed by atoms with Gasteiger partial charge in [-0.3, -0.25) is 0 Å². The van der Waals surface area contributed by atoms with Crippen molar-refractivity contribution in [1.82, 2.24) is 4.98 Å². The number of aromatic nitrogens is 1. The van der Waals surface area contributed by atoms with Crippen molar-refractivity contribution < 1.29 is 8.78 Å². The maximum absolute atomic E-state index is 15.5. The van der Waals surface area contributed by atoms with Crippen LogP contribution in [0.1, 0.15) is 22.3 Å². The minimum atomic E-state index is -3.06. The Labute approximate surface area is 166 Å². The second kappa shape index (κ2) is 5.86. The summed E-state index contributed by atoms with van der Waals surface area (Å²) >= 11 is 6.24. The van der Waals surface area contributed by atoms with E-state index in [4.69, 9.17) is 11.6 Å². The summed E-state index contributed by atoms with van der Waals surface area (Å²) in [6.45, 7) is 3.84. The van der Waals surface area contributed by atoms with E-state index in [1.807, 2.05) is 44.2 Å². The van der Waals surface area contributed by atoms with Crippen molar-refractivity contribution in [2.24, 2.45) is 0 Å². The Morgan fingerprint density at radius 2 is 1.57 bits per heavy atom. The lowest BCUT2D eigenvalue weighted by Gasteiger charge is -2.17. The number of rotatable bonds is 1. The summed E-state index contributed by atoms with van der Waals surface area (Å²) in [7, 11) is 0. The van der Waals surface area contributed by atoms with Crippen LogP contribution in [0.4, 0.5) is 8.78 Å². The van der Waals surface area contributed by atoms with Crippen molar-refractivity contribution in [2.45, 2.75) is 19.8 Å². The first-order valence-electron chi connectivity index (χ1n) is 9.06. The highest BCUT2D eigenvalue weighted by molar-refractivity contribution is 6.35. The van der Waals surface area contributed by atoms with Crippen molar-refractivity contribution in [2.75, 3.05) is 0 Å². The molecule has 0 saturated heterocycles. The molecule has 0 amide bonds. The molecule has 28 heavy (non-hydrogen) atoms. The lowest BCUT2D eigenvalue weighted by atomic mass is 9.94. The van der Waals surface area contributed by atoms with E-state index in [0.717, 1.165) is 16.5 Å². The van der Waals surface area contributed by atoms with Crippen LogP contribution in [-0.2, 0) is 5.92 Å². The van der Waals surface area contributed by atoms with Gasteiger partial charge in [-0.25, -0.2) is 4.98 Å². The lowest BCUT2D eigenvalue weighted by Crippen LogP contribution is -2.13. The molecule has 5 rings (SSSR count). The van der Waals surface area contributed by atoms with Gasteiger partial charge in [0.2, 0.25) is 0 Å². The average Bonchev–Trinajstić information content (AvgIpc) is 2.88. The topological polar surface area (TPSA) is 12.9 Å². The quantitative estimate of drug-likeness (QED) is 0.332. The maximum atomic E-state index is 15.5. The molecule has 0 atom stereocenters. The Hall–Kier alpha value is -2.78. The predicted molar refractivity (Wildman–Crippen MR) is 110 cm³/mol. The van der Waals surface area contributed by atoms with E-state index in [2.05, 4.69) is 4.98 Å². The highest BCUT2D eigenvalue weighted by Crippen LogP contribution is 2.54. The standard InChI is InChI=1S/C24H16ClF2N/c1-13-6-8-19-16(10-13)17-11-14(2)12-18(23(17)24(19,26)27)22-9-7-15-20(25)4-3-5-21(15)28-22/h3-12H,1-2H3. The van der Waals surface area contributed by atoms with Crippen LogP contribution in [0.25, 0.3) is 33.3 Å². The van der Waals surface area contributed by atoms with E-state index in [9.17, 15) is 0 Å². The van der Waals surface area contributed by atoms with Crippen molar-refractivity contribution in [3.8, 4) is 22.4 Å². The van der Waals surface area contributed by atoms with Gasteiger partial charge in [-0.15, -0.1) is 0 Å². The molecule has 138 valence electrons. The highest BCUT2D eigenvalue weighted by atomic mass is 35.5. The average molecular weight is 392 g/mol. The van der Waals surface area contributed by atoms with Gasteiger partial charge in [-0.2, -0.15) is 8.78 Å². The third-order valence-electron chi connectivity index (χ3n) is 5.35. The predicted octanol–water partition coefficient (Wildman–Crippen LogP) is 7.29. The molecule has 0 unspecified atom stereocenters. The molecule has 1 aliphatic rings. The number of hydrogen-bond donors (Lipinski definition) is 0. The van der Waals surface area contributed by atoms with E-state index in [-0.39, 0.29) is 11.1 Å². The molecule has 1 nitrogen and oxygen atoms in total. The molecule has 0 saturated carbocycles. The molecule has 0 N–H and O–H groups in total. The molecule has 0 fully saturated rings. The van der Waals surface area contributed by atoms with Crippen LogP contribution in [0.2, 0.25) is 5.02 Å². The van der Waals surface area contributed by atoms with E-state index in [0.29, 0.717) is 32.9 Å². The largest absolute Gasteiger partial charge is 0.300 e. The smallest absolute Gasteiger partial charge is 0.248 e. The van der Waals surface area contributed by atoms with Gasteiger partial charge >= 0.3 is 0 Å². The fraction of sp³-hybridized carbons (Fsp3) is 0.125. The Morgan fingerprint density at radius 3 is 2.39 bits per heavy atom. The molecule has 3 aromatic carbocycles. The first-order valence-corrected chi connectivity index (χ1v) is 9.44. The second-order valence-electron chi connectivity index (χ2n) is 7.36. The fourth-order valence-electron chi connectivity index (χ4n) is 4.10. The highest BCUT2D eigenvalue weighted by Gasteiger charge is 2.46. The van der Waals surface area contributed by atoms with Gasteiger partial charge in [0.1, 0.15) is 0 Å². The van der Waals surface area contributed by atoms with Gasteiger partial charge in [0, 0.05) is 27.1 Å². The van der Waals surface area contributed by atoms with Crippen LogP contribution < -0.4 is 0 Å². The first-order chi connectivity index (χ1) is 13.4. The molecule has 4 heteroatoms. The summed E-state index contributed by atoms with van der Waals surface area (Å²) in [5.74, 6) is -3.06. The molecule has 4 aromatic rings. The van der Waals surface area contributed by atoms with E-state index in [1.165, 1.54) is 6.07 Å². The summed E-state index contributed by atoms with van der Waals surface area (Å²) in [4.78, 5) is 4.65. The van der Waals surface area contributed by atoms with Crippen LogP contribution in [0, 0.1) is 13.8 Å². The third-order valence-corrected chi connectivity index (χ3v) is 5.68. The first kappa shape index (κ1) is 17.3. The molecule has 1 aliphatic carbocycles. The Bertz CT molecular complexity index is 1280. The molecule has 1 aromatic heterocycles. The zero-order chi connectivity index (χ0) is 19.6. The van der Waals surface area contributed by atoms with E-state index >= 15 is 8.78 Å². The van der Waals surface area contributed by atoms with E-state index < -0.39 is 5.92 Å². The van der Waals surface area contributed by atoms with Crippen molar-refractivity contribution in [1.29, 1.82) is 0 Å². The molecule has 0 bridgehead atoms. The summed E-state index contributed by atoms with van der Waals surface area (Å²) in [5.41, 5.74) is 4.86. The van der Waals surface area contributed by atoms with Crippen molar-refractivity contribution in [3.63, 3.8) is 0 Å². The maximum Gasteiger partial charge on any atom is 0.300 e. The number of hydrogen-bond acceptors (Lipinski definition) is 1. The van der Waals surface area contributed by atoms with Crippen LogP contribution in [0.5, 0.6) is 0 Å². The number of nitrogens with zero attached hydrogens (tertiary/aromatic N) is 1. The fourth-order valence-corrected chi connectivity index (χ4v) is 4.33. The minimum absolute atomic E-state index is 0.0348. The SMILES string of the molecule is Cc1ccc2c(c1)-c1cc(C)cc(-c3ccc4c(Cl)cccc4n3)c1C2(F)F. The Morgan fingerprint density at radius 1 is 0.821 bits per heavy atom. The second-order valence-corrected chi connectivity index (χ2v) is 7.77. The van der Waals surface area contributed by atoms with Gasteiger partial charge in [-0.05, 0) is 60.9 Å². The summed E-state index contributed by atoms with van der Waals surface area (Å²) < 4.78 is 30.9. The number of aryl methyl sites for hydroxylation is 2. The van der Waals surface area contributed by atoms with Crippen LogP contribution >= 0.6 is 11.6 Å². The van der Waals surface area contributed by atoms with Gasteiger partial charge in [-0.1, -0.05) is 47.5 Å². The third kappa shape index (κ3) is 2.39. The molecule has 1 heterocycles. The lowest BCUT2D eigenvalue weighted by molar-refractivity contribution is 0.0486. The number of pyridine rings is 1. The zero-order valence-corrected chi connectivity index (χ0v) is 16.1. The van der Waals surface area contributed by atoms with E-state index in [1.54, 1.807) is 24.3 Å². The molecule has 0 radical (unpaired) electrons. The summed E-state index contributed by atoms with van der Waals surface area (Å²) in [5, 5.41) is 1.40. The van der Waals surface area contributed by atoms with Gasteiger partial charge in [0.25, 0.3) is 5.92 Å². The number of alkyl halides is 2.